The number of nitrogens with zero attached hydrogens (tertiary/aromatic N) is 6. The Morgan fingerprint density at radius 3 is 2.41 bits per heavy atom. The highest BCUT2D eigenvalue weighted by atomic mass is 79.9. The maximum atomic E-state index is 14.5. The number of rotatable bonds is 28. The molecule has 344 valence electrons. The van der Waals surface area contributed by atoms with Crippen LogP contribution in [-0.2, 0) is 57.5 Å². The number of nitrogens with one attached hydrogen (secondary N) is 1. The summed E-state index contributed by atoms with van der Waals surface area (Å²) < 4.78 is 23.5. The Bertz CT molecular complexity index is 2270. The quantitative estimate of drug-likeness (QED) is 0.0464. The minimum absolute atomic E-state index is 0.0162. The third-order valence-electron chi connectivity index (χ3n) is 11.7. The molecule has 0 unspecified atom stereocenters. The van der Waals surface area contributed by atoms with E-state index in [9.17, 15) is 24.0 Å². The zero-order valence-corrected chi connectivity index (χ0v) is 38.5. The highest BCUT2D eigenvalue weighted by molar-refractivity contribution is 9.10. The van der Waals surface area contributed by atoms with Crippen LogP contribution in [0, 0.1) is 12.8 Å². The van der Waals surface area contributed by atoms with Crippen LogP contribution in [-0.4, -0.2) is 136 Å². The predicted octanol–water partition coefficient (Wildman–Crippen LogP) is 4.17. The first-order valence-corrected chi connectivity index (χ1v) is 22.8. The lowest BCUT2D eigenvalue weighted by Crippen LogP contribution is -2.50. The predicted molar refractivity (Wildman–Crippen MR) is 240 cm³/mol. The number of ether oxygens (including phenoxy) is 4. The number of Topliss-reactive ketones (excluding diaryl/α,β-unsaturated/α-hetero) is 3. The van der Waals surface area contributed by atoms with Gasteiger partial charge in [-0.3, -0.25) is 28.7 Å². The second-order valence-electron chi connectivity index (χ2n) is 16.4. The van der Waals surface area contributed by atoms with Crippen LogP contribution in [0.3, 0.4) is 0 Å². The summed E-state index contributed by atoms with van der Waals surface area (Å²) in [6.45, 7) is 7.98. The summed E-state index contributed by atoms with van der Waals surface area (Å²) in [4.78, 5) is 81.0. The number of likely N-dealkylation sites (tertiary alicyclic amines) is 1. The second kappa shape index (κ2) is 23.4. The molecule has 1 aromatic carbocycles. The molecule has 4 heterocycles. The summed E-state index contributed by atoms with van der Waals surface area (Å²) in [7, 11) is 0. The van der Waals surface area contributed by atoms with Gasteiger partial charge in [0.2, 0.25) is 11.8 Å². The molecular formula is C46H59BrN8O9. The first-order chi connectivity index (χ1) is 30.9. The number of nitrogens with two attached hydrogens (primary N) is 1. The average molecular weight is 948 g/mol. The van der Waals surface area contributed by atoms with E-state index in [1.165, 1.54) is 6.92 Å². The normalized spacial score (nSPS) is 17.7. The van der Waals surface area contributed by atoms with Crippen molar-refractivity contribution >= 4 is 56.0 Å². The van der Waals surface area contributed by atoms with Gasteiger partial charge in [0.15, 0.2) is 17.3 Å². The topological polar surface area (TPSA) is 220 Å². The van der Waals surface area contributed by atoms with Crippen molar-refractivity contribution in [2.75, 3.05) is 65.9 Å². The van der Waals surface area contributed by atoms with Crippen molar-refractivity contribution in [1.29, 1.82) is 0 Å². The van der Waals surface area contributed by atoms with E-state index in [0.717, 1.165) is 36.8 Å². The fourth-order valence-corrected chi connectivity index (χ4v) is 8.70. The van der Waals surface area contributed by atoms with Gasteiger partial charge in [-0.25, -0.2) is 15.0 Å². The molecule has 1 saturated carbocycles. The average Bonchev–Trinajstić information content (AvgIpc) is 3.70. The Morgan fingerprint density at radius 1 is 0.938 bits per heavy atom. The summed E-state index contributed by atoms with van der Waals surface area (Å²) in [6, 6.07) is 8.81. The molecule has 3 N–H and O–H groups in total. The molecule has 0 radical (unpaired) electrons. The van der Waals surface area contributed by atoms with Crippen LogP contribution in [0.25, 0.3) is 22.0 Å². The SMILES string of the molecule is CCCC[C@@]12C[C@@H]1C[C@@H](C(=O)Cc1nc(Br)ccc1C)N2C(=O)Cn1nc(C(C)=O)c2cc(-c3cnc(CCC(=O)COCCOCCNC(=O)COCCOCCN)nc3)ccc21. The molecule has 3 atom stereocenters. The van der Waals surface area contributed by atoms with Gasteiger partial charge in [0.05, 0.1) is 63.3 Å². The number of ketones is 3. The maximum Gasteiger partial charge on any atom is 0.246 e. The molecule has 1 aliphatic heterocycles. The molecule has 64 heavy (non-hydrogen) atoms. The number of pyridine rings is 1. The Morgan fingerprint density at radius 2 is 1.67 bits per heavy atom. The van der Waals surface area contributed by atoms with Gasteiger partial charge in [-0.15, -0.1) is 0 Å². The van der Waals surface area contributed by atoms with E-state index < -0.39 is 6.04 Å². The molecule has 18 heteroatoms. The highest BCUT2D eigenvalue weighted by Gasteiger charge is 2.67. The zero-order valence-electron chi connectivity index (χ0n) is 36.9. The van der Waals surface area contributed by atoms with Crippen molar-refractivity contribution in [2.45, 2.75) is 90.3 Å². The zero-order chi connectivity index (χ0) is 45.6. The standard InChI is InChI=1S/C46H59BrN8O9/c1-4-5-12-46-24-34(46)22-39(40(58)23-37-30(2)6-10-41(47)52-37)55(46)44(60)27-54-38-9-7-32(21-36(38)45(53-54)31(3)56)33-25-50-42(51-26-33)11-8-35(57)28-63-19-18-62-16-14-49-43(59)29-64-20-17-61-15-13-48/h6-7,9-10,21,25-26,34,39H,4-5,8,11-20,22-24,27-29,48H2,1-3H3,(H,49,59)/t34-,39-,46+/m0/s1. The fourth-order valence-electron chi connectivity index (χ4n) is 8.35. The molecule has 0 bridgehead atoms. The molecule has 2 fully saturated rings. The number of aryl methyl sites for hydroxylation is 2. The molecular weight excluding hydrogens is 888 g/mol. The van der Waals surface area contributed by atoms with Gasteiger partial charge in [0.1, 0.15) is 35.9 Å². The maximum absolute atomic E-state index is 14.5. The summed E-state index contributed by atoms with van der Waals surface area (Å²) >= 11 is 3.43. The van der Waals surface area contributed by atoms with E-state index in [0.29, 0.717) is 84.9 Å². The number of carbonyl (C=O) groups excluding carboxylic acids is 5. The van der Waals surface area contributed by atoms with Crippen molar-refractivity contribution in [3.8, 4) is 11.1 Å². The van der Waals surface area contributed by atoms with Crippen molar-refractivity contribution < 1.29 is 42.9 Å². The van der Waals surface area contributed by atoms with Crippen molar-refractivity contribution in [3.63, 3.8) is 0 Å². The largest absolute Gasteiger partial charge is 0.378 e. The van der Waals surface area contributed by atoms with E-state index in [1.54, 1.807) is 17.1 Å². The number of aromatic nitrogens is 5. The molecule has 4 aromatic rings. The lowest BCUT2D eigenvalue weighted by Gasteiger charge is -2.34. The second-order valence-corrected chi connectivity index (χ2v) is 17.2. The molecule has 2 amide bonds. The molecule has 3 aromatic heterocycles. The van der Waals surface area contributed by atoms with Crippen LogP contribution in [0.4, 0.5) is 0 Å². The highest BCUT2D eigenvalue weighted by Crippen LogP contribution is 2.61. The number of hydrogen-bond donors (Lipinski definition) is 2. The first-order valence-electron chi connectivity index (χ1n) is 22.0. The van der Waals surface area contributed by atoms with Gasteiger partial charge in [0, 0.05) is 61.7 Å². The summed E-state index contributed by atoms with van der Waals surface area (Å²) in [5.41, 5.74) is 8.98. The number of halogens is 1. The van der Waals surface area contributed by atoms with Crippen LogP contribution >= 0.6 is 15.9 Å². The Hall–Kier alpha value is -4.85. The lowest BCUT2D eigenvalue weighted by molar-refractivity contribution is -0.142. The number of fused-ring (bicyclic) bond motifs is 2. The Kier molecular flexibility index (Phi) is 17.7. The molecule has 1 saturated heterocycles. The number of unbranched alkanes of at least 4 members (excludes halogenated alkanes) is 1. The van der Waals surface area contributed by atoms with E-state index >= 15 is 0 Å². The number of hydrogen-bond acceptors (Lipinski definition) is 14. The molecule has 0 spiro atoms. The van der Waals surface area contributed by atoms with Crippen LogP contribution in [0.1, 0.15) is 79.9 Å². The molecule has 1 aliphatic carbocycles. The van der Waals surface area contributed by atoms with Crippen LogP contribution < -0.4 is 11.1 Å². The van der Waals surface area contributed by atoms with E-state index in [2.05, 4.69) is 48.2 Å². The van der Waals surface area contributed by atoms with Crippen LogP contribution in [0.5, 0.6) is 0 Å². The van der Waals surface area contributed by atoms with E-state index in [-0.39, 0.29) is 92.1 Å². The number of amides is 2. The van der Waals surface area contributed by atoms with Crippen LogP contribution in [0.2, 0.25) is 0 Å². The van der Waals surface area contributed by atoms with Gasteiger partial charge in [0.25, 0.3) is 0 Å². The Labute approximate surface area is 381 Å². The van der Waals surface area contributed by atoms with Crippen molar-refractivity contribution in [1.82, 2.24) is 34.9 Å². The minimum atomic E-state index is -0.547. The van der Waals surface area contributed by atoms with E-state index in [4.69, 9.17) is 24.7 Å². The summed E-state index contributed by atoms with van der Waals surface area (Å²) in [5.74, 6) is -0.00301. The Balaban J connectivity index is 0.993. The van der Waals surface area contributed by atoms with E-state index in [1.807, 2.05) is 42.2 Å². The van der Waals surface area contributed by atoms with Gasteiger partial charge < -0.3 is 34.9 Å². The molecule has 17 nitrogen and oxygen atoms in total. The summed E-state index contributed by atoms with van der Waals surface area (Å²) in [5, 5.41) is 7.94. The smallest absolute Gasteiger partial charge is 0.246 e. The van der Waals surface area contributed by atoms with Gasteiger partial charge in [-0.2, -0.15) is 5.10 Å². The number of carbonyl (C=O) groups is 5. The molecule has 2 aliphatic rings. The number of piperidine rings is 1. The number of benzene rings is 1. The van der Waals surface area contributed by atoms with Gasteiger partial charge >= 0.3 is 0 Å². The van der Waals surface area contributed by atoms with Crippen LogP contribution in [0.15, 0.2) is 47.3 Å². The monoisotopic (exact) mass is 946 g/mol. The fraction of sp³-hybridized carbons (Fsp3) is 0.543. The summed E-state index contributed by atoms with van der Waals surface area (Å²) in [6.07, 6.45) is 8.36. The van der Waals surface area contributed by atoms with Gasteiger partial charge in [-0.05, 0) is 77.4 Å². The minimum Gasteiger partial charge on any atom is -0.378 e. The van der Waals surface area contributed by atoms with Crippen molar-refractivity contribution in [3.05, 3.63) is 70.1 Å². The van der Waals surface area contributed by atoms with Crippen molar-refractivity contribution in [2.24, 2.45) is 11.7 Å². The third kappa shape index (κ3) is 12.7. The lowest BCUT2D eigenvalue weighted by atomic mass is 10.0. The third-order valence-corrected chi connectivity index (χ3v) is 12.2. The first kappa shape index (κ1) is 48.6. The van der Waals surface area contributed by atoms with Gasteiger partial charge in [-0.1, -0.05) is 31.9 Å². The molecule has 6 rings (SSSR count).